The van der Waals surface area contributed by atoms with Gasteiger partial charge < -0.3 is 5.32 Å². The molecule has 1 fully saturated rings. The number of halogens is 1. The number of hydrogen-bond acceptors (Lipinski definition) is 3. The molecule has 1 aliphatic carbocycles. The number of hydrogen-bond donors (Lipinski definition) is 1. The first-order valence-electron chi connectivity index (χ1n) is 6.90. The van der Waals surface area contributed by atoms with Crippen LogP contribution in [0.15, 0.2) is 53.0 Å². The first kappa shape index (κ1) is 14.1. The number of rotatable bonds is 5. The van der Waals surface area contributed by atoms with Gasteiger partial charge in [-0.15, -0.1) is 0 Å². The molecular weight excluding hydrogens is 332 g/mol. The van der Waals surface area contributed by atoms with Gasteiger partial charge in [-0.1, -0.05) is 46.3 Å². The highest BCUT2D eigenvalue weighted by Crippen LogP contribution is 2.44. The lowest BCUT2D eigenvalue weighted by molar-refractivity contribution is -0.384. The van der Waals surface area contributed by atoms with Crippen LogP contribution in [0, 0.1) is 16.0 Å². The molecular formula is C16H15BrN2O2. The molecule has 21 heavy (non-hydrogen) atoms. The van der Waals surface area contributed by atoms with Gasteiger partial charge >= 0.3 is 0 Å². The Bertz CT molecular complexity index is 657. The van der Waals surface area contributed by atoms with E-state index in [4.69, 9.17) is 0 Å². The summed E-state index contributed by atoms with van der Waals surface area (Å²) in [6.45, 7) is 0. The average molecular weight is 347 g/mol. The third-order valence-electron chi connectivity index (χ3n) is 3.72. The van der Waals surface area contributed by atoms with Gasteiger partial charge in [-0.25, -0.2) is 0 Å². The van der Waals surface area contributed by atoms with Crippen LogP contribution < -0.4 is 5.32 Å². The van der Waals surface area contributed by atoms with E-state index in [9.17, 15) is 10.1 Å². The standard InChI is InChI=1S/C16H15BrN2O2/c17-13-8-9-14(15(10-13)19(20)21)18-16(12-6-7-12)11-4-2-1-3-5-11/h1-5,8-10,12,16,18H,6-7H2. The predicted octanol–water partition coefficient (Wildman–Crippen LogP) is 4.92. The maximum Gasteiger partial charge on any atom is 0.293 e. The minimum atomic E-state index is -0.345. The minimum absolute atomic E-state index is 0.103. The predicted molar refractivity (Wildman–Crippen MR) is 86.3 cm³/mol. The fraction of sp³-hybridized carbons (Fsp3) is 0.250. The molecule has 0 spiro atoms. The molecule has 1 unspecified atom stereocenters. The highest BCUT2D eigenvalue weighted by molar-refractivity contribution is 9.10. The Morgan fingerprint density at radius 3 is 2.52 bits per heavy atom. The Morgan fingerprint density at radius 2 is 1.90 bits per heavy atom. The Balaban J connectivity index is 1.92. The number of nitrogens with one attached hydrogen (secondary N) is 1. The van der Waals surface area contributed by atoms with E-state index in [-0.39, 0.29) is 16.7 Å². The molecule has 2 aromatic carbocycles. The van der Waals surface area contributed by atoms with Gasteiger partial charge in [0.2, 0.25) is 0 Å². The Hall–Kier alpha value is -1.88. The largest absolute Gasteiger partial charge is 0.372 e. The SMILES string of the molecule is O=[N+]([O-])c1cc(Br)ccc1NC(c1ccccc1)C1CC1. The molecule has 2 aromatic rings. The monoisotopic (exact) mass is 346 g/mol. The van der Waals surface area contributed by atoms with Gasteiger partial charge in [0.25, 0.3) is 5.69 Å². The molecule has 0 amide bonds. The van der Waals surface area contributed by atoms with Crippen molar-refractivity contribution in [2.75, 3.05) is 5.32 Å². The van der Waals surface area contributed by atoms with Gasteiger partial charge in [-0.2, -0.15) is 0 Å². The number of nitro groups is 1. The van der Waals surface area contributed by atoms with E-state index >= 15 is 0 Å². The van der Waals surface area contributed by atoms with Crippen LogP contribution in [-0.4, -0.2) is 4.92 Å². The summed E-state index contributed by atoms with van der Waals surface area (Å²) < 4.78 is 0.711. The van der Waals surface area contributed by atoms with E-state index < -0.39 is 0 Å². The molecule has 1 aliphatic rings. The smallest absolute Gasteiger partial charge is 0.293 e. The van der Waals surface area contributed by atoms with Crippen molar-refractivity contribution in [1.29, 1.82) is 0 Å². The summed E-state index contributed by atoms with van der Waals surface area (Å²) in [5.41, 5.74) is 1.85. The van der Waals surface area contributed by atoms with Crippen LogP contribution in [0.5, 0.6) is 0 Å². The first-order valence-corrected chi connectivity index (χ1v) is 7.70. The summed E-state index contributed by atoms with van der Waals surface area (Å²) in [5.74, 6) is 0.552. The summed E-state index contributed by atoms with van der Waals surface area (Å²) in [4.78, 5) is 10.9. The van der Waals surface area contributed by atoms with Crippen molar-refractivity contribution in [2.45, 2.75) is 18.9 Å². The fourth-order valence-corrected chi connectivity index (χ4v) is 2.86. The molecule has 0 aromatic heterocycles. The zero-order valence-electron chi connectivity index (χ0n) is 11.3. The molecule has 0 bridgehead atoms. The molecule has 0 saturated heterocycles. The van der Waals surface area contributed by atoms with Crippen molar-refractivity contribution in [3.05, 3.63) is 68.7 Å². The maximum absolute atomic E-state index is 11.2. The average Bonchev–Trinajstić information content (AvgIpc) is 3.31. The summed E-state index contributed by atoms with van der Waals surface area (Å²) in [5, 5.41) is 14.6. The molecule has 1 N–H and O–H groups in total. The molecule has 5 heteroatoms. The minimum Gasteiger partial charge on any atom is -0.372 e. The van der Waals surface area contributed by atoms with Crippen molar-refractivity contribution in [2.24, 2.45) is 5.92 Å². The normalized spacial score (nSPS) is 15.5. The van der Waals surface area contributed by atoms with Crippen LogP contribution >= 0.6 is 15.9 Å². The third kappa shape index (κ3) is 3.24. The maximum atomic E-state index is 11.2. The Labute approximate surface area is 131 Å². The van der Waals surface area contributed by atoms with Crippen LogP contribution in [0.1, 0.15) is 24.4 Å². The van der Waals surface area contributed by atoms with Gasteiger partial charge in [-0.3, -0.25) is 10.1 Å². The van der Waals surface area contributed by atoms with Crippen LogP contribution in [0.25, 0.3) is 0 Å². The van der Waals surface area contributed by atoms with Gasteiger partial charge in [0.05, 0.1) is 11.0 Å². The zero-order chi connectivity index (χ0) is 14.8. The quantitative estimate of drug-likeness (QED) is 0.617. The van der Waals surface area contributed by atoms with Crippen LogP contribution in [0.3, 0.4) is 0 Å². The fourth-order valence-electron chi connectivity index (χ4n) is 2.51. The molecule has 4 nitrogen and oxygen atoms in total. The van der Waals surface area contributed by atoms with Crippen molar-refractivity contribution >= 4 is 27.3 Å². The molecule has 0 radical (unpaired) electrons. The van der Waals surface area contributed by atoms with E-state index in [0.717, 1.165) is 12.8 Å². The van der Waals surface area contributed by atoms with Crippen LogP contribution in [0.4, 0.5) is 11.4 Å². The first-order chi connectivity index (χ1) is 10.1. The molecule has 1 atom stereocenters. The third-order valence-corrected chi connectivity index (χ3v) is 4.21. The summed E-state index contributed by atoms with van der Waals surface area (Å²) >= 11 is 3.28. The Morgan fingerprint density at radius 1 is 1.19 bits per heavy atom. The van der Waals surface area contributed by atoms with E-state index in [1.807, 2.05) is 24.3 Å². The number of benzene rings is 2. The molecule has 1 saturated carbocycles. The summed E-state index contributed by atoms with van der Waals surface area (Å²) in [6.07, 6.45) is 2.33. The van der Waals surface area contributed by atoms with E-state index in [0.29, 0.717) is 16.1 Å². The molecule has 0 aliphatic heterocycles. The van der Waals surface area contributed by atoms with E-state index in [2.05, 4.69) is 33.4 Å². The van der Waals surface area contributed by atoms with Crippen molar-refractivity contribution in [3.8, 4) is 0 Å². The lowest BCUT2D eigenvalue weighted by Crippen LogP contribution is -2.13. The van der Waals surface area contributed by atoms with Gasteiger partial charge in [0.15, 0.2) is 0 Å². The second kappa shape index (κ2) is 5.85. The second-order valence-corrected chi connectivity index (χ2v) is 6.20. The topological polar surface area (TPSA) is 55.2 Å². The number of anilines is 1. The van der Waals surface area contributed by atoms with Gasteiger partial charge in [0.1, 0.15) is 5.69 Å². The molecule has 0 heterocycles. The van der Waals surface area contributed by atoms with Gasteiger partial charge in [-0.05, 0) is 36.5 Å². The van der Waals surface area contributed by atoms with Crippen molar-refractivity contribution < 1.29 is 4.92 Å². The van der Waals surface area contributed by atoms with E-state index in [1.165, 1.54) is 11.6 Å². The van der Waals surface area contributed by atoms with Gasteiger partial charge in [0, 0.05) is 10.5 Å². The second-order valence-electron chi connectivity index (χ2n) is 5.29. The number of nitro benzene ring substituents is 1. The van der Waals surface area contributed by atoms with E-state index in [1.54, 1.807) is 6.07 Å². The van der Waals surface area contributed by atoms with Crippen LogP contribution in [0.2, 0.25) is 0 Å². The number of nitrogens with zero attached hydrogens (tertiary/aromatic N) is 1. The van der Waals surface area contributed by atoms with Crippen molar-refractivity contribution in [1.82, 2.24) is 0 Å². The molecule has 108 valence electrons. The Kier molecular flexibility index (Phi) is 3.92. The van der Waals surface area contributed by atoms with Crippen molar-refractivity contribution in [3.63, 3.8) is 0 Å². The molecule has 3 rings (SSSR count). The highest BCUT2D eigenvalue weighted by Gasteiger charge is 2.33. The lowest BCUT2D eigenvalue weighted by Gasteiger charge is -2.20. The lowest BCUT2D eigenvalue weighted by atomic mass is 10.0. The summed E-state index contributed by atoms with van der Waals surface area (Å²) in [6, 6.07) is 15.4. The van der Waals surface area contributed by atoms with Crippen LogP contribution in [-0.2, 0) is 0 Å². The summed E-state index contributed by atoms with van der Waals surface area (Å²) in [7, 11) is 0. The zero-order valence-corrected chi connectivity index (χ0v) is 12.9. The highest BCUT2D eigenvalue weighted by atomic mass is 79.9.